The maximum Gasteiger partial charge on any atom is 0.287 e. The van der Waals surface area contributed by atoms with Crippen molar-refractivity contribution in [1.82, 2.24) is 10.6 Å². The van der Waals surface area contributed by atoms with E-state index in [1.54, 1.807) is 6.07 Å². The molecule has 0 radical (unpaired) electrons. The smallest absolute Gasteiger partial charge is 0.287 e. The zero-order chi connectivity index (χ0) is 28.0. The van der Waals surface area contributed by atoms with Crippen molar-refractivity contribution < 1.29 is 32.3 Å². The molecule has 2 amide bonds. The second kappa shape index (κ2) is 9.99. The van der Waals surface area contributed by atoms with Crippen LogP contribution >= 0.6 is 0 Å². The predicted molar refractivity (Wildman–Crippen MR) is 145 cm³/mol. The van der Waals surface area contributed by atoms with E-state index < -0.39 is 41.7 Å². The molecule has 2 aliphatic carbocycles. The minimum absolute atomic E-state index is 0.0111. The van der Waals surface area contributed by atoms with Gasteiger partial charge in [0.2, 0.25) is 11.8 Å². The van der Waals surface area contributed by atoms with E-state index in [9.17, 15) is 18.4 Å². The molecule has 1 saturated heterocycles. The molecule has 40 heavy (non-hydrogen) atoms. The third-order valence-corrected chi connectivity index (χ3v) is 8.11. The van der Waals surface area contributed by atoms with E-state index in [1.807, 2.05) is 42.5 Å². The number of halogens is 2. The first-order chi connectivity index (χ1) is 19.2. The minimum atomic E-state index is -2.87. The number of alkyl halides is 2. The van der Waals surface area contributed by atoms with Crippen molar-refractivity contribution in [3.05, 3.63) is 54.3 Å². The summed E-state index contributed by atoms with van der Waals surface area (Å²) in [5.41, 5.74) is 0.362. The topological polar surface area (TPSA) is 102 Å². The van der Waals surface area contributed by atoms with Crippen LogP contribution in [0.25, 0.3) is 22.1 Å². The van der Waals surface area contributed by atoms with Crippen LogP contribution in [0, 0.1) is 0 Å². The van der Waals surface area contributed by atoms with E-state index in [-0.39, 0.29) is 24.7 Å². The van der Waals surface area contributed by atoms with Crippen LogP contribution in [0.2, 0.25) is 0 Å². The van der Waals surface area contributed by atoms with Gasteiger partial charge in [0.15, 0.2) is 5.76 Å². The molecule has 0 spiro atoms. The van der Waals surface area contributed by atoms with Gasteiger partial charge in [-0.2, -0.15) is 0 Å². The Morgan fingerprint density at radius 3 is 2.27 bits per heavy atom. The van der Waals surface area contributed by atoms with Crippen molar-refractivity contribution in [3.8, 4) is 16.9 Å². The number of hydrogen-bond donors (Lipinski definition) is 2. The van der Waals surface area contributed by atoms with Crippen LogP contribution in [-0.4, -0.2) is 61.4 Å². The normalized spacial score (nSPS) is 20.8. The molecule has 2 saturated carbocycles. The Morgan fingerprint density at radius 1 is 0.950 bits per heavy atom. The van der Waals surface area contributed by atoms with Crippen LogP contribution in [-0.2, 0) is 9.53 Å². The second-order valence-electron chi connectivity index (χ2n) is 11.2. The molecule has 6 rings (SSSR count). The van der Waals surface area contributed by atoms with Crippen molar-refractivity contribution >= 4 is 29.5 Å². The molecule has 0 bridgehead atoms. The third kappa shape index (κ3) is 5.32. The summed E-state index contributed by atoms with van der Waals surface area (Å²) < 4.78 is 45.0. The lowest BCUT2D eigenvalue weighted by Crippen LogP contribution is -2.63. The molecule has 3 aliphatic rings. The average molecular weight is 552 g/mol. The molecule has 8 nitrogen and oxygen atoms in total. The van der Waals surface area contributed by atoms with Gasteiger partial charge in [0.05, 0.1) is 25.3 Å². The van der Waals surface area contributed by atoms with E-state index >= 15 is 0 Å². The van der Waals surface area contributed by atoms with Crippen molar-refractivity contribution in [3.63, 3.8) is 0 Å². The monoisotopic (exact) mass is 551 g/mol. The van der Waals surface area contributed by atoms with Crippen LogP contribution < -0.4 is 15.4 Å². The Kier molecular flexibility index (Phi) is 6.60. The zero-order valence-corrected chi connectivity index (χ0v) is 22.0. The van der Waals surface area contributed by atoms with Crippen LogP contribution in [0.4, 0.5) is 8.78 Å². The summed E-state index contributed by atoms with van der Waals surface area (Å²) in [4.78, 5) is 30.7. The van der Waals surface area contributed by atoms with Crippen LogP contribution in [0.1, 0.15) is 49.1 Å². The molecule has 3 aromatic rings. The maximum atomic E-state index is 14.1. The van der Waals surface area contributed by atoms with Gasteiger partial charge in [-0.3, -0.25) is 14.6 Å². The molecule has 0 unspecified atom stereocenters. The third-order valence-electron chi connectivity index (χ3n) is 8.11. The maximum absolute atomic E-state index is 14.1. The van der Waals surface area contributed by atoms with Gasteiger partial charge < -0.3 is 24.5 Å². The summed E-state index contributed by atoms with van der Waals surface area (Å²) in [6, 6.07) is 14.9. The van der Waals surface area contributed by atoms with Crippen LogP contribution in [0.15, 0.2) is 57.9 Å². The van der Waals surface area contributed by atoms with Gasteiger partial charge in [-0.15, -0.1) is 0 Å². The highest BCUT2D eigenvalue weighted by Crippen LogP contribution is 2.41. The number of furan rings is 1. The van der Waals surface area contributed by atoms with Gasteiger partial charge in [0.25, 0.3) is 5.91 Å². The van der Waals surface area contributed by atoms with E-state index in [1.165, 1.54) is 0 Å². The van der Waals surface area contributed by atoms with Crippen LogP contribution in [0.3, 0.4) is 0 Å². The van der Waals surface area contributed by atoms with E-state index in [2.05, 4.69) is 22.3 Å². The number of nitrogens with one attached hydrogen (secondary N) is 2. The molecule has 2 aromatic carbocycles. The number of carbonyl (C=O) groups excluding carboxylic acids is 2. The summed E-state index contributed by atoms with van der Waals surface area (Å²) >= 11 is 0. The second-order valence-corrected chi connectivity index (χ2v) is 11.2. The molecule has 3 fully saturated rings. The van der Waals surface area contributed by atoms with Crippen molar-refractivity contribution in [1.29, 1.82) is 0 Å². The van der Waals surface area contributed by atoms with Crippen molar-refractivity contribution in [2.75, 3.05) is 19.8 Å². The average Bonchev–Trinajstić information content (AvgIpc) is 3.52. The largest absolute Gasteiger partial charge is 0.486 e. The molecule has 210 valence electrons. The highest BCUT2D eigenvalue weighted by atomic mass is 19.3. The molecule has 2 heterocycles. The lowest BCUT2D eigenvalue weighted by molar-refractivity contribution is -0.133. The number of aliphatic imine (C=N–C) groups is 1. The number of fused-ring (bicyclic) bond motifs is 1. The van der Waals surface area contributed by atoms with Crippen molar-refractivity contribution in [2.45, 2.75) is 61.6 Å². The first-order valence-corrected chi connectivity index (χ1v) is 13.5. The Bertz CT molecular complexity index is 1430. The van der Waals surface area contributed by atoms with E-state index in [4.69, 9.17) is 13.9 Å². The summed E-state index contributed by atoms with van der Waals surface area (Å²) in [6.07, 6.45) is 0.221. The fraction of sp³-hybridized carbons (Fsp3) is 0.433. The van der Waals surface area contributed by atoms with Crippen molar-refractivity contribution in [2.24, 2.45) is 4.99 Å². The number of amides is 2. The van der Waals surface area contributed by atoms with Gasteiger partial charge in [0, 0.05) is 18.2 Å². The summed E-state index contributed by atoms with van der Waals surface area (Å²) in [6.45, 7) is 5.04. The zero-order valence-electron chi connectivity index (χ0n) is 22.0. The molecule has 0 atom stereocenters. The number of carbonyl (C=O) groups is 2. The number of nitrogens with zero attached hydrogens (tertiary/aromatic N) is 1. The van der Waals surface area contributed by atoms with Gasteiger partial charge >= 0.3 is 0 Å². The fourth-order valence-corrected chi connectivity index (χ4v) is 5.30. The highest BCUT2D eigenvalue weighted by molar-refractivity contribution is 6.00. The number of benzene rings is 2. The molecular weight excluding hydrogens is 520 g/mol. The lowest BCUT2D eigenvalue weighted by Gasteiger charge is -2.40. The fourth-order valence-electron chi connectivity index (χ4n) is 5.30. The lowest BCUT2D eigenvalue weighted by atomic mass is 9.78. The Morgan fingerprint density at radius 2 is 1.65 bits per heavy atom. The molecular formula is C30H31F2N3O5. The van der Waals surface area contributed by atoms with Gasteiger partial charge in [-0.25, -0.2) is 8.78 Å². The number of hydrogen-bond acceptors (Lipinski definition) is 6. The standard InChI is InChI=1S/C30H31F2N3O5/c1-33-18-28(8-9-28)35-27(37)29(10-12-30(31,32)13-11-29)34-26(36)25-15-21-3-2-20(14-24(21)40-25)19-4-6-22(7-5-19)39-23-16-38-17-23/h2-7,14-15,23H,1,8-13,16-18H2,(H,34,36)(H,35,37). The molecule has 2 N–H and O–H groups in total. The highest BCUT2D eigenvalue weighted by Gasteiger charge is 2.53. The number of ether oxygens (including phenoxy) is 2. The summed E-state index contributed by atoms with van der Waals surface area (Å²) in [7, 11) is 0. The molecule has 1 aromatic heterocycles. The molecule has 10 heteroatoms. The quantitative estimate of drug-likeness (QED) is 0.368. The molecule has 1 aliphatic heterocycles. The SMILES string of the molecule is C=NCC1(NC(=O)C2(NC(=O)c3cc4ccc(-c5ccc(OC6COC6)cc5)cc4o3)CCC(F)(F)CC2)CC1. The van der Waals surface area contributed by atoms with E-state index in [0.717, 1.165) is 29.7 Å². The first kappa shape index (κ1) is 26.4. The Labute approximate surface area is 230 Å². The predicted octanol–water partition coefficient (Wildman–Crippen LogP) is 4.90. The van der Waals surface area contributed by atoms with Crippen LogP contribution in [0.5, 0.6) is 5.75 Å². The first-order valence-electron chi connectivity index (χ1n) is 13.5. The van der Waals surface area contributed by atoms with Gasteiger partial charge in [0.1, 0.15) is 23.0 Å². The van der Waals surface area contributed by atoms with Gasteiger partial charge in [-0.1, -0.05) is 24.3 Å². The summed E-state index contributed by atoms with van der Waals surface area (Å²) in [5, 5.41) is 6.44. The van der Waals surface area contributed by atoms with E-state index in [0.29, 0.717) is 30.7 Å². The summed E-state index contributed by atoms with van der Waals surface area (Å²) in [5.74, 6) is -3.18. The number of rotatable bonds is 9. The Hall–Kier alpha value is -3.79. The minimum Gasteiger partial charge on any atom is -0.486 e. The van der Waals surface area contributed by atoms with Gasteiger partial charge in [-0.05, 0) is 67.8 Å². The Balaban J connectivity index is 1.20.